The van der Waals surface area contributed by atoms with Crippen molar-refractivity contribution in [2.24, 2.45) is 11.3 Å². The minimum Gasteiger partial charge on any atom is -0.383 e. The van der Waals surface area contributed by atoms with Crippen molar-refractivity contribution in [1.29, 1.82) is 5.26 Å². The Hall–Kier alpha value is -2.87. The highest BCUT2D eigenvalue weighted by atomic mass is 16.1. The molecule has 0 saturated carbocycles. The maximum absolute atomic E-state index is 11.3. The Balaban J connectivity index is 2.13. The Labute approximate surface area is 160 Å². The van der Waals surface area contributed by atoms with Crippen LogP contribution in [-0.4, -0.2) is 10.9 Å². The molecule has 0 radical (unpaired) electrons. The minimum absolute atomic E-state index is 0.112. The molecule has 1 heterocycles. The predicted molar refractivity (Wildman–Crippen MR) is 108 cm³/mol. The number of nitrogen functional groups attached to an aromatic ring is 1. The predicted octanol–water partition coefficient (Wildman–Crippen LogP) is 4.31. The number of nitrogens with one attached hydrogen (secondary N) is 1. The third-order valence-electron chi connectivity index (χ3n) is 5.42. The summed E-state index contributed by atoms with van der Waals surface area (Å²) in [5.41, 5.74) is 11.5. The molecule has 3 N–H and O–H groups in total. The molecular weight excluding hydrogens is 336 g/mol. The maximum Gasteiger partial charge on any atom is 0.221 e. The molecule has 0 spiro atoms. The molecule has 1 atom stereocenters. The molecule has 0 saturated heterocycles. The first-order valence-electron chi connectivity index (χ1n) is 9.30. The number of rotatable bonds is 2. The molecule has 1 amide bonds. The van der Waals surface area contributed by atoms with Gasteiger partial charge in [-0.1, -0.05) is 32.9 Å². The van der Waals surface area contributed by atoms with Crippen LogP contribution in [0, 0.1) is 22.7 Å². The molecule has 0 aliphatic heterocycles. The van der Waals surface area contributed by atoms with E-state index in [1.54, 1.807) is 0 Å². The van der Waals surface area contributed by atoms with Gasteiger partial charge in [0.2, 0.25) is 5.91 Å². The van der Waals surface area contributed by atoms with Crippen LogP contribution in [0.25, 0.3) is 11.1 Å². The summed E-state index contributed by atoms with van der Waals surface area (Å²) >= 11 is 0. The zero-order chi connectivity index (χ0) is 19.8. The third-order valence-corrected chi connectivity index (χ3v) is 5.42. The van der Waals surface area contributed by atoms with Crippen molar-refractivity contribution in [3.63, 3.8) is 0 Å². The molecule has 5 heteroatoms. The normalized spacial score (nSPS) is 16.3. The molecule has 0 bridgehead atoms. The number of carbonyl (C=O) groups excluding carboxylic acids is 1. The topological polar surface area (TPSA) is 91.8 Å². The fourth-order valence-electron chi connectivity index (χ4n) is 3.87. The number of benzene rings is 1. The van der Waals surface area contributed by atoms with Crippen LogP contribution in [0.5, 0.6) is 0 Å². The molecule has 5 nitrogen and oxygen atoms in total. The van der Waals surface area contributed by atoms with Crippen LogP contribution < -0.4 is 11.1 Å². The monoisotopic (exact) mass is 362 g/mol. The maximum atomic E-state index is 11.3. The highest BCUT2D eigenvalue weighted by molar-refractivity contribution is 5.89. The van der Waals surface area contributed by atoms with Gasteiger partial charge in [-0.05, 0) is 53.9 Å². The van der Waals surface area contributed by atoms with Crippen LogP contribution in [0.4, 0.5) is 11.5 Å². The largest absolute Gasteiger partial charge is 0.383 e. The van der Waals surface area contributed by atoms with E-state index in [-0.39, 0.29) is 11.3 Å². The van der Waals surface area contributed by atoms with Crippen LogP contribution in [-0.2, 0) is 17.6 Å². The number of aryl methyl sites for hydroxylation is 1. The molecule has 2 aromatic rings. The van der Waals surface area contributed by atoms with Crippen LogP contribution >= 0.6 is 0 Å². The first kappa shape index (κ1) is 18.9. The summed E-state index contributed by atoms with van der Waals surface area (Å²) in [5, 5.41) is 12.5. The summed E-state index contributed by atoms with van der Waals surface area (Å²) in [5.74, 6) is 0.713. The van der Waals surface area contributed by atoms with E-state index in [0.29, 0.717) is 17.3 Å². The average Bonchev–Trinajstić information content (AvgIpc) is 2.59. The number of nitrogens with zero attached hydrogens (tertiary/aromatic N) is 2. The average molecular weight is 362 g/mol. The van der Waals surface area contributed by atoms with Crippen LogP contribution in [0.15, 0.2) is 24.3 Å². The SMILES string of the molecule is CC(=O)Nc1ccc(-c2c(C#N)c(N)nc3c2CC(C(C)(C)C)CC3)cc1. The van der Waals surface area contributed by atoms with Gasteiger partial charge in [-0.15, -0.1) is 0 Å². The molecule has 1 aliphatic rings. The molecule has 140 valence electrons. The van der Waals surface area contributed by atoms with E-state index >= 15 is 0 Å². The number of pyridine rings is 1. The van der Waals surface area contributed by atoms with E-state index in [9.17, 15) is 10.1 Å². The number of aromatic nitrogens is 1. The van der Waals surface area contributed by atoms with Crippen LogP contribution in [0.2, 0.25) is 0 Å². The van der Waals surface area contributed by atoms with Crippen molar-refractivity contribution in [3.8, 4) is 17.2 Å². The molecule has 1 aliphatic carbocycles. The summed E-state index contributed by atoms with van der Waals surface area (Å²) in [6.07, 6.45) is 2.85. The molecule has 3 rings (SSSR count). The van der Waals surface area contributed by atoms with Crippen LogP contribution in [0.3, 0.4) is 0 Å². The fraction of sp³-hybridized carbons (Fsp3) is 0.409. The Kier molecular flexibility index (Phi) is 4.93. The van der Waals surface area contributed by atoms with E-state index < -0.39 is 0 Å². The zero-order valence-electron chi connectivity index (χ0n) is 16.4. The second-order valence-electron chi connectivity index (χ2n) is 8.35. The highest BCUT2D eigenvalue weighted by Crippen LogP contribution is 2.42. The highest BCUT2D eigenvalue weighted by Gasteiger charge is 2.32. The van der Waals surface area contributed by atoms with Crippen molar-refractivity contribution < 1.29 is 4.79 Å². The Morgan fingerprint density at radius 3 is 2.52 bits per heavy atom. The van der Waals surface area contributed by atoms with Crippen molar-refractivity contribution in [1.82, 2.24) is 4.98 Å². The van der Waals surface area contributed by atoms with Gasteiger partial charge in [-0.3, -0.25) is 4.79 Å². The van der Waals surface area contributed by atoms with Gasteiger partial charge < -0.3 is 11.1 Å². The van der Waals surface area contributed by atoms with Gasteiger partial charge in [-0.2, -0.15) is 5.26 Å². The molecule has 27 heavy (non-hydrogen) atoms. The van der Waals surface area contributed by atoms with Gasteiger partial charge in [0.05, 0.1) is 0 Å². The second-order valence-corrected chi connectivity index (χ2v) is 8.35. The van der Waals surface area contributed by atoms with Crippen molar-refractivity contribution in [3.05, 3.63) is 41.1 Å². The number of amides is 1. The lowest BCUT2D eigenvalue weighted by atomic mass is 9.70. The first-order valence-corrected chi connectivity index (χ1v) is 9.30. The van der Waals surface area contributed by atoms with Crippen molar-refractivity contribution >= 4 is 17.4 Å². The van der Waals surface area contributed by atoms with Crippen LogP contribution in [0.1, 0.15) is 50.9 Å². The quantitative estimate of drug-likeness (QED) is 0.832. The molecule has 0 fully saturated rings. The van der Waals surface area contributed by atoms with Crippen molar-refractivity contribution in [2.75, 3.05) is 11.1 Å². The molecule has 1 aromatic carbocycles. The lowest BCUT2D eigenvalue weighted by molar-refractivity contribution is -0.114. The summed E-state index contributed by atoms with van der Waals surface area (Å²) in [6, 6.07) is 9.82. The van der Waals surface area contributed by atoms with E-state index in [4.69, 9.17) is 5.73 Å². The van der Waals surface area contributed by atoms with Crippen molar-refractivity contribution in [2.45, 2.75) is 47.0 Å². The molecule has 1 unspecified atom stereocenters. The fourth-order valence-corrected chi connectivity index (χ4v) is 3.87. The number of nitrogens with two attached hydrogens (primary N) is 1. The van der Waals surface area contributed by atoms with E-state index in [1.165, 1.54) is 6.92 Å². The van der Waals surface area contributed by atoms with Gasteiger partial charge >= 0.3 is 0 Å². The smallest absolute Gasteiger partial charge is 0.221 e. The van der Waals surface area contributed by atoms with Gasteiger partial charge in [0, 0.05) is 23.9 Å². The summed E-state index contributed by atoms with van der Waals surface area (Å²) in [4.78, 5) is 15.8. The summed E-state index contributed by atoms with van der Waals surface area (Å²) in [6.45, 7) is 8.27. The number of carbonyl (C=O) groups is 1. The second kappa shape index (κ2) is 7.03. The summed E-state index contributed by atoms with van der Waals surface area (Å²) in [7, 11) is 0. The number of anilines is 2. The van der Waals surface area contributed by atoms with Gasteiger partial charge in [0.15, 0.2) is 0 Å². The van der Waals surface area contributed by atoms with Gasteiger partial charge in [0.1, 0.15) is 17.5 Å². The Bertz CT molecular complexity index is 917. The number of fused-ring (bicyclic) bond motifs is 1. The number of hydrogen-bond donors (Lipinski definition) is 2. The number of hydrogen-bond acceptors (Lipinski definition) is 4. The first-order chi connectivity index (χ1) is 12.7. The Morgan fingerprint density at radius 2 is 1.96 bits per heavy atom. The molecular formula is C22H26N4O. The van der Waals surface area contributed by atoms with E-state index in [2.05, 4.69) is 37.1 Å². The van der Waals surface area contributed by atoms with E-state index in [1.807, 2.05) is 24.3 Å². The standard InChI is InChI=1S/C22H26N4O/c1-13(27)25-16-8-5-14(6-9-16)20-17-11-15(22(2,3)4)7-10-19(17)26-21(24)18(20)12-23/h5-6,8-9,15H,7,10-11H2,1-4H3,(H2,24,26)(H,25,27). The lowest BCUT2D eigenvalue weighted by Gasteiger charge is -2.35. The van der Waals surface area contributed by atoms with Gasteiger partial charge in [-0.25, -0.2) is 4.98 Å². The van der Waals surface area contributed by atoms with Gasteiger partial charge in [0.25, 0.3) is 0 Å². The third kappa shape index (κ3) is 3.80. The molecule has 1 aromatic heterocycles. The minimum atomic E-state index is -0.112. The number of nitriles is 1. The zero-order valence-corrected chi connectivity index (χ0v) is 16.4. The lowest BCUT2D eigenvalue weighted by Crippen LogP contribution is -2.28. The van der Waals surface area contributed by atoms with E-state index in [0.717, 1.165) is 47.3 Å². The Morgan fingerprint density at radius 1 is 1.30 bits per heavy atom. The summed E-state index contributed by atoms with van der Waals surface area (Å²) < 4.78 is 0.